The molecule has 2 aromatic rings. The van der Waals surface area contributed by atoms with Crippen molar-refractivity contribution in [3.8, 4) is 0 Å². The van der Waals surface area contributed by atoms with Crippen LogP contribution >= 0.6 is 0 Å². The summed E-state index contributed by atoms with van der Waals surface area (Å²) in [6.07, 6.45) is 5.66. The van der Waals surface area contributed by atoms with Crippen molar-refractivity contribution in [2.24, 2.45) is 0 Å². The first kappa shape index (κ1) is 14.9. The zero-order valence-corrected chi connectivity index (χ0v) is 13.1. The highest BCUT2D eigenvalue weighted by Gasteiger charge is 2.24. The summed E-state index contributed by atoms with van der Waals surface area (Å²) in [5.74, 6) is 1.11. The van der Waals surface area contributed by atoms with E-state index in [-0.39, 0.29) is 11.8 Å². The van der Waals surface area contributed by atoms with Gasteiger partial charge in [-0.15, -0.1) is 0 Å². The third kappa shape index (κ3) is 3.41. The maximum Gasteiger partial charge on any atom is 0.223 e. The molecule has 1 aromatic carbocycles. The van der Waals surface area contributed by atoms with Crippen molar-refractivity contribution < 1.29 is 9.21 Å². The third-order valence-electron chi connectivity index (χ3n) is 4.45. The number of hydrogen-bond donors (Lipinski definition) is 0. The van der Waals surface area contributed by atoms with Crippen molar-refractivity contribution in [2.75, 3.05) is 13.1 Å². The molecular weight excluding hydrogens is 274 g/mol. The van der Waals surface area contributed by atoms with Crippen molar-refractivity contribution in [3.05, 3.63) is 59.5 Å². The van der Waals surface area contributed by atoms with Gasteiger partial charge >= 0.3 is 0 Å². The van der Waals surface area contributed by atoms with E-state index in [2.05, 4.69) is 31.2 Å². The normalized spacial score (nSPS) is 16.5. The van der Waals surface area contributed by atoms with E-state index in [1.807, 2.05) is 17.0 Å². The highest BCUT2D eigenvalue weighted by molar-refractivity contribution is 5.77. The van der Waals surface area contributed by atoms with Gasteiger partial charge in [0.25, 0.3) is 0 Å². The van der Waals surface area contributed by atoms with E-state index in [0.717, 1.165) is 37.3 Å². The lowest BCUT2D eigenvalue weighted by Gasteiger charge is -2.28. The number of likely N-dealkylation sites (tertiary alicyclic amines) is 1. The number of aryl methyl sites for hydroxylation is 1. The predicted octanol–water partition coefficient (Wildman–Crippen LogP) is 4.12. The van der Waals surface area contributed by atoms with Gasteiger partial charge in [-0.1, -0.05) is 29.8 Å². The lowest BCUT2D eigenvalue weighted by molar-refractivity contribution is -0.132. The van der Waals surface area contributed by atoms with E-state index in [1.54, 1.807) is 6.26 Å². The van der Waals surface area contributed by atoms with Gasteiger partial charge in [0, 0.05) is 19.5 Å². The molecule has 0 spiro atoms. The molecule has 1 atom stereocenters. The van der Waals surface area contributed by atoms with Crippen molar-refractivity contribution in [1.82, 2.24) is 4.90 Å². The standard InChI is InChI=1S/C19H23NO2/c1-15-7-9-16(10-8-15)17(18-6-5-13-22-18)14-19(21)20-11-3-2-4-12-20/h5-10,13,17H,2-4,11-12,14H2,1H3/t17-/m0/s1. The molecule has 0 aliphatic carbocycles. The third-order valence-corrected chi connectivity index (χ3v) is 4.45. The first-order chi connectivity index (χ1) is 10.7. The number of nitrogens with zero attached hydrogens (tertiary/aromatic N) is 1. The Hall–Kier alpha value is -2.03. The van der Waals surface area contributed by atoms with Crippen LogP contribution in [0.1, 0.15) is 48.5 Å². The molecule has 0 bridgehead atoms. The number of piperidine rings is 1. The van der Waals surface area contributed by atoms with Crippen LogP contribution in [-0.4, -0.2) is 23.9 Å². The Labute approximate surface area is 131 Å². The largest absolute Gasteiger partial charge is 0.469 e. The number of carbonyl (C=O) groups excluding carboxylic acids is 1. The molecule has 22 heavy (non-hydrogen) atoms. The minimum absolute atomic E-state index is 0.00465. The second-order valence-corrected chi connectivity index (χ2v) is 6.12. The molecule has 2 heterocycles. The summed E-state index contributed by atoms with van der Waals surface area (Å²) in [6.45, 7) is 3.87. The van der Waals surface area contributed by atoms with Crippen LogP contribution in [0.5, 0.6) is 0 Å². The van der Waals surface area contributed by atoms with Gasteiger partial charge in [0.15, 0.2) is 0 Å². The summed E-state index contributed by atoms with van der Waals surface area (Å²) in [7, 11) is 0. The van der Waals surface area contributed by atoms with Gasteiger partial charge < -0.3 is 9.32 Å². The van der Waals surface area contributed by atoms with E-state index in [9.17, 15) is 4.79 Å². The average molecular weight is 297 g/mol. The van der Waals surface area contributed by atoms with Gasteiger partial charge in [0.1, 0.15) is 5.76 Å². The molecule has 116 valence electrons. The topological polar surface area (TPSA) is 33.5 Å². The van der Waals surface area contributed by atoms with E-state index >= 15 is 0 Å². The predicted molar refractivity (Wildman–Crippen MR) is 86.8 cm³/mol. The molecule has 1 aromatic heterocycles. The van der Waals surface area contributed by atoms with Gasteiger partial charge in [-0.25, -0.2) is 0 Å². The van der Waals surface area contributed by atoms with E-state index < -0.39 is 0 Å². The minimum Gasteiger partial charge on any atom is -0.469 e. The summed E-state index contributed by atoms with van der Waals surface area (Å²) < 4.78 is 5.60. The molecule has 0 unspecified atom stereocenters. The SMILES string of the molecule is Cc1ccc([C@H](CC(=O)N2CCCCC2)c2ccco2)cc1. The maximum atomic E-state index is 12.6. The summed E-state index contributed by atoms with van der Waals surface area (Å²) in [5.41, 5.74) is 2.37. The van der Waals surface area contributed by atoms with Crippen LogP contribution in [0.4, 0.5) is 0 Å². The van der Waals surface area contributed by atoms with Gasteiger partial charge in [-0.2, -0.15) is 0 Å². The maximum absolute atomic E-state index is 12.6. The van der Waals surface area contributed by atoms with Crippen LogP contribution in [0.3, 0.4) is 0 Å². The van der Waals surface area contributed by atoms with Crippen molar-refractivity contribution in [1.29, 1.82) is 0 Å². The Bertz CT molecular complexity index is 595. The smallest absolute Gasteiger partial charge is 0.223 e. The van der Waals surface area contributed by atoms with Crippen LogP contribution < -0.4 is 0 Å². The molecule has 1 amide bonds. The molecule has 3 heteroatoms. The molecule has 0 N–H and O–H groups in total. The monoisotopic (exact) mass is 297 g/mol. The first-order valence-electron chi connectivity index (χ1n) is 8.12. The average Bonchev–Trinajstić information content (AvgIpc) is 3.08. The van der Waals surface area contributed by atoms with E-state index in [1.165, 1.54) is 12.0 Å². The van der Waals surface area contributed by atoms with Crippen LogP contribution in [-0.2, 0) is 4.79 Å². The van der Waals surface area contributed by atoms with Crippen molar-refractivity contribution >= 4 is 5.91 Å². The van der Waals surface area contributed by atoms with Crippen LogP contribution in [0.15, 0.2) is 47.1 Å². The fourth-order valence-corrected chi connectivity index (χ4v) is 3.12. The molecule has 0 saturated carbocycles. The number of hydrogen-bond acceptors (Lipinski definition) is 2. The molecule has 1 aliphatic heterocycles. The van der Waals surface area contributed by atoms with E-state index in [0.29, 0.717) is 6.42 Å². The molecule has 3 nitrogen and oxygen atoms in total. The molecule has 1 fully saturated rings. The zero-order valence-electron chi connectivity index (χ0n) is 13.1. The lowest BCUT2D eigenvalue weighted by Crippen LogP contribution is -2.36. The lowest BCUT2D eigenvalue weighted by atomic mass is 9.91. The number of amides is 1. The van der Waals surface area contributed by atoms with Crippen LogP contribution in [0, 0.1) is 6.92 Å². The number of carbonyl (C=O) groups is 1. The van der Waals surface area contributed by atoms with Crippen molar-refractivity contribution in [3.63, 3.8) is 0 Å². The van der Waals surface area contributed by atoms with Gasteiger partial charge in [0.2, 0.25) is 5.91 Å². The Morgan fingerprint density at radius 2 is 1.86 bits per heavy atom. The highest BCUT2D eigenvalue weighted by atomic mass is 16.3. The quantitative estimate of drug-likeness (QED) is 0.850. The van der Waals surface area contributed by atoms with Crippen LogP contribution in [0.2, 0.25) is 0 Å². The zero-order chi connectivity index (χ0) is 15.4. The Kier molecular flexibility index (Phi) is 4.62. The second-order valence-electron chi connectivity index (χ2n) is 6.12. The molecule has 1 aliphatic rings. The molecule has 1 saturated heterocycles. The molecule has 0 radical (unpaired) electrons. The fourth-order valence-electron chi connectivity index (χ4n) is 3.12. The number of furan rings is 1. The van der Waals surface area contributed by atoms with E-state index in [4.69, 9.17) is 4.42 Å². The summed E-state index contributed by atoms with van der Waals surface area (Å²) in [5, 5.41) is 0. The Balaban J connectivity index is 1.79. The van der Waals surface area contributed by atoms with Crippen LogP contribution in [0.25, 0.3) is 0 Å². The minimum atomic E-state index is 0.00465. The van der Waals surface area contributed by atoms with Gasteiger partial charge in [0.05, 0.1) is 12.2 Å². The van der Waals surface area contributed by atoms with Crippen molar-refractivity contribution in [2.45, 2.75) is 38.5 Å². The Morgan fingerprint density at radius 3 is 2.50 bits per heavy atom. The van der Waals surface area contributed by atoms with Gasteiger partial charge in [-0.3, -0.25) is 4.79 Å². The summed E-state index contributed by atoms with van der Waals surface area (Å²) in [4.78, 5) is 14.6. The first-order valence-corrected chi connectivity index (χ1v) is 8.12. The highest BCUT2D eigenvalue weighted by Crippen LogP contribution is 2.29. The summed E-state index contributed by atoms with van der Waals surface area (Å²) >= 11 is 0. The number of rotatable bonds is 4. The number of benzene rings is 1. The summed E-state index contributed by atoms with van der Waals surface area (Å²) in [6, 6.07) is 12.3. The Morgan fingerprint density at radius 1 is 1.14 bits per heavy atom. The fraction of sp³-hybridized carbons (Fsp3) is 0.421. The second kappa shape index (κ2) is 6.82. The molecular formula is C19H23NO2. The molecule has 3 rings (SSSR count). The van der Waals surface area contributed by atoms with Gasteiger partial charge in [-0.05, 0) is 43.9 Å².